The first-order chi connectivity index (χ1) is 9.54. The molecule has 0 bridgehead atoms. The van der Waals surface area contributed by atoms with E-state index in [9.17, 15) is 9.59 Å². The minimum Gasteiger partial charge on any atom is -0.352 e. The number of aryl methyl sites for hydroxylation is 2. The molecule has 20 heavy (non-hydrogen) atoms. The Morgan fingerprint density at radius 3 is 2.70 bits per heavy atom. The van der Waals surface area contributed by atoms with Gasteiger partial charge in [0, 0.05) is 25.9 Å². The van der Waals surface area contributed by atoms with E-state index >= 15 is 0 Å². The van der Waals surface area contributed by atoms with Crippen LogP contribution in [0.2, 0.25) is 0 Å². The van der Waals surface area contributed by atoms with Gasteiger partial charge in [-0.25, -0.2) is 0 Å². The fourth-order valence-electron chi connectivity index (χ4n) is 2.03. The van der Waals surface area contributed by atoms with Crippen LogP contribution in [0.25, 0.3) is 0 Å². The Labute approximate surface area is 118 Å². The molecular weight excluding hydrogens is 252 g/mol. The third-order valence-electron chi connectivity index (χ3n) is 3.08. The summed E-state index contributed by atoms with van der Waals surface area (Å²) in [5.41, 5.74) is 3.00. The Kier molecular flexibility index (Phi) is 4.35. The van der Waals surface area contributed by atoms with Gasteiger partial charge in [0.2, 0.25) is 11.5 Å². The number of carbonyl (C=O) groups excluding carboxylic acids is 1. The lowest BCUT2D eigenvalue weighted by atomic mass is 10.1. The molecule has 0 spiro atoms. The molecule has 4 nitrogen and oxygen atoms in total. The molecule has 104 valence electrons. The molecule has 0 atom stereocenters. The van der Waals surface area contributed by atoms with Crippen LogP contribution < -0.4 is 10.9 Å². The average molecular weight is 270 g/mol. The van der Waals surface area contributed by atoms with Gasteiger partial charge in [0.05, 0.1) is 6.42 Å². The van der Waals surface area contributed by atoms with E-state index in [1.54, 1.807) is 19.3 Å². The van der Waals surface area contributed by atoms with Crippen molar-refractivity contribution in [1.82, 2.24) is 9.88 Å². The summed E-state index contributed by atoms with van der Waals surface area (Å²) < 4.78 is 1.50. The quantitative estimate of drug-likeness (QED) is 0.916. The molecule has 0 saturated carbocycles. The van der Waals surface area contributed by atoms with Crippen molar-refractivity contribution in [3.63, 3.8) is 0 Å². The number of nitrogens with one attached hydrogen (secondary N) is 1. The Morgan fingerprint density at radius 2 is 2.00 bits per heavy atom. The highest BCUT2D eigenvalue weighted by molar-refractivity contribution is 5.78. The highest BCUT2D eigenvalue weighted by Crippen LogP contribution is 2.04. The predicted molar refractivity (Wildman–Crippen MR) is 78.4 cm³/mol. The largest absolute Gasteiger partial charge is 0.352 e. The first-order valence-electron chi connectivity index (χ1n) is 6.52. The molecule has 0 aliphatic heterocycles. The van der Waals surface area contributed by atoms with Gasteiger partial charge in [-0.1, -0.05) is 35.9 Å². The van der Waals surface area contributed by atoms with E-state index in [4.69, 9.17) is 0 Å². The van der Waals surface area contributed by atoms with E-state index in [-0.39, 0.29) is 11.5 Å². The number of aromatic nitrogens is 1. The molecule has 0 aliphatic rings. The van der Waals surface area contributed by atoms with Crippen LogP contribution in [0.4, 0.5) is 0 Å². The van der Waals surface area contributed by atoms with Crippen molar-refractivity contribution in [3.8, 4) is 0 Å². The van der Waals surface area contributed by atoms with E-state index in [1.165, 1.54) is 10.6 Å². The van der Waals surface area contributed by atoms with Crippen LogP contribution >= 0.6 is 0 Å². The summed E-state index contributed by atoms with van der Waals surface area (Å²) in [5, 5.41) is 2.86. The average Bonchev–Trinajstić information content (AvgIpc) is 2.40. The maximum atomic E-state index is 11.9. The molecule has 1 N–H and O–H groups in total. The molecular formula is C16H18N2O2. The van der Waals surface area contributed by atoms with Gasteiger partial charge in [-0.2, -0.15) is 0 Å². The van der Waals surface area contributed by atoms with Crippen molar-refractivity contribution in [3.05, 3.63) is 69.6 Å². The number of benzene rings is 1. The van der Waals surface area contributed by atoms with Crippen LogP contribution in [0.3, 0.4) is 0 Å². The van der Waals surface area contributed by atoms with Crippen molar-refractivity contribution >= 4 is 5.91 Å². The normalized spacial score (nSPS) is 10.3. The number of pyridine rings is 1. The highest BCUT2D eigenvalue weighted by Gasteiger charge is 2.04. The van der Waals surface area contributed by atoms with Gasteiger partial charge in [-0.3, -0.25) is 9.59 Å². The summed E-state index contributed by atoms with van der Waals surface area (Å²) in [6.07, 6.45) is 2.10. The second-order valence-corrected chi connectivity index (χ2v) is 4.93. The van der Waals surface area contributed by atoms with Gasteiger partial charge in [-0.05, 0) is 18.1 Å². The van der Waals surface area contributed by atoms with E-state index < -0.39 is 0 Å². The Bertz CT molecular complexity index is 674. The minimum atomic E-state index is -0.0557. The second kappa shape index (κ2) is 6.19. The molecule has 0 saturated heterocycles. The maximum Gasteiger partial charge on any atom is 0.250 e. The van der Waals surface area contributed by atoms with Crippen LogP contribution in [-0.2, 0) is 24.8 Å². The van der Waals surface area contributed by atoms with E-state index in [0.29, 0.717) is 13.0 Å². The number of hydrogen-bond donors (Lipinski definition) is 1. The van der Waals surface area contributed by atoms with Gasteiger partial charge in [0.1, 0.15) is 0 Å². The molecule has 4 heteroatoms. The SMILES string of the molecule is Cc1cccc(CC(=O)NCc2ccc(=O)n(C)c2)c1. The smallest absolute Gasteiger partial charge is 0.250 e. The summed E-state index contributed by atoms with van der Waals surface area (Å²) in [6, 6.07) is 11.1. The first-order valence-corrected chi connectivity index (χ1v) is 6.52. The number of hydrogen-bond acceptors (Lipinski definition) is 2. The van der Waals surface area contributed by atoms with Crippen molar-refractivity contribution in [1.29, 1.82) is 0 Å². The van der Waals surface area contributed by atoms with Crippen LogP contribution in [0, 0.1) is 6.92 Å². The van der Waals surface area contributed by atoms with Gasteiger partial charge in [0.25, 0.3) is 0 Å². The lowest BCUT2D eigenvalue weighted by Gasteiger charge is -2.07. The molecule has 2 aromatic rings. The van der Waals surface area contributed by atoms with Crippen LogP contribution in [0.5, 0.6) is 0 Å². The minimum absolute atomic E-state index is 0.0237. The van der Waals surface area contributed by atoms with Crippen LogP contribution in [0.15, 0.2) is 47.4 Å². The molecule has 0 radical (unpaired) electrons. The van der Waals surface area contributed by atoms with Crippen molar-refractivity contribution in [2.45, 2.75) is 19.9 Å². The Balaban J connectivity index is 1.92. The summed E-state index contributed by atoms with van der Waals surface area (Å²) in [7, 11) is 1.69. The third-order valence-corrected chi connectivity index (χ3v) is 3.08. The zero-order valence-electron chi connectivity index (χ0n) is 11.7. The lowest BCUT2D eigenvalue weighted by molar-refractivity contribution is -0.120. The van der Waals surface area contributed by atoms with Crippen LogP contribution in [-0.4, -0.2) is 10.5 Å². The fraction of sp³-hybridized carbons (Fsp3) is 0.250. The predicted octanol–water partition coefficient (Wildman–Crippen LogP) is 1.55. The molecule has 1 amide bonds. The summed E-state index contributed by atoms with van der Waals surface area (Å²) in [6.45, 7) is 2.44. The topological polar surface area (TPSA) is 51.1 Å². The van der Waals surface area contributed by atoms with Crippen molar-refractivity contribution in [2.24, 2.45) is 7.05 Å². The van der Waals surface area contributed by atoms with Crippen LogP contribution in [0.1, 0.15) is 16.7 Å². The summed E-state index contributed by atoms with van der Waals surface area (Å²) in [4.78, 5) is 23.1. The first kappa shape index (κ1) is 14.1. The van der Waals surface area contributed by atoms with E-state index in [1.807, 2.05) is 31.2 Å². The van der Waals surface area contributed by atoms with Crippen molar-refractivity contribution in [2.75, 3.05) is 0 Å². The number of amides is 1. The molecule has 1 aromatic carbocycles. The molecule has 2 rings (SSSR count). The number of carbonyl (C=O) groups is 1. The molecule has 1 heterocycles. The Morgan fingerprint density at radius 1 is 1.20 bits per heavy atom. The fourth-order valence-corrected chi connectivity index (χ4v) is 2.03. The maximum absolute atomic E-state index is 11.9. The standard InChI is InChI=1S/C16H18N2O2/c1-12-4-3-5-13(8-12)9-15(19)17-10-14-6-7-16(20)18(2)11-14/h3-8,11H,9-10H2,1-2H3,(H,17,19). The van der Waals surface area contributed by atoms with Gasteiger partial charge < -0.3 is 9.88 Å². The summed E-state index contributed by atoms with van der Waals surface area (Å²) >= 11 is 0. The Hall–Kier alpha value is -2.36. The van der Waals surface area contributed by atoms with Gasteiger partial charge >= 0.3 is 0 Å². The molecule has 0 fully saturated rings. The van der Waals surface area contributed by atoms with Gasteiger partial charge in [0.15, 0.2) is 0 Å². The van der Waals surface area contributed by atoms with Crippen molar-refractivity contribution < 1.29 is 4.79 Å². The molecule has 1 aromatic heterocycles. The van der Waals surface area contributed by atoms with E-state index in [2.05, 4.69) is 5.32 Å². The molecule has 0 aliphatic carbocycles. The lowest BCUT2D eigenvalue weighted by Crippen LogP contribution is -2.25. The molecule has 0 unspecified atom stereocenters. The van der Waals surface area contributed by atoms with Gasteiger partial charge in [-0.15, -0.1) is 0 Å². The second-order valence-electron chi connectivity index (χ2n) is 4.93. The summed E-state index contributed by atoms with van der Waals surface area (Å²) in [5.74, 6) is -0.0237. The monoisotopic (exact) mass is 270 g/mol. The zero-order valence-corrected chi connectivity index (χ0v) is 11.7. The van der Waals surface area contributed by atoms with E-state index in [0.717, 1.165) is 16.7 Å². The third kappa shape index (κ3) is 3.82. The zero-order chi connectivity index (χ0) is 14.5. The number of nitrogens with zero attached hydrogens (tertiary/aromatic N) is 1. The highest BCUT2D eigenvalue weighted by atomic mass is 16.1. The number of rotatable bonds is 4.